The third kappa shape index (κ3) is 3.07. The number of benzene rings is 1. The highest BCUT2D eigenvalue weighted by molar-refractivity contribution is 6.41. The van der Waals surface area contributed by atoms with Crippen LogP contribution < -0.4 is 5.32 Å². The number of hydrogen-bond donors (Lipinski definition) is 2. The Kier molecular flexibility index (Phi) is 4.45. The van der Waals surface area contributed by atoms with Crippen LogP contribution in [0, 0.1) is 11.3 Å². The topological polar surface area (TPSA) is 98.6 Å². The van der Waals surface area contributed by atoms with Gasteiger partial charge in [-0.1, -0.05) is 23.2 Å². The summed E-state index contributed by atoms with van der Waals surface area (Å²) in [5.41, 5.74) is 1.23. The second kappa shape index (κ2) is 6.55. The number of fused-ring (bicyclic) bond motifs is 1. The molecule has 0 spiro atoms. The van der Waals surface area contributed by atoms with E-state index in [2.05, 4.69) is 15.3 Å². The van der Waals surface area contributed by atoms with Crippen LogP contribution in [0.2, 0.25) is 10.0 Å². The zero-order valence-electron chi connectivity index (χ0n) is 12.9. The lowest BCUT2D eigenvalue weighted by Crippen LogP contribution is -2.08. The summed E-state index contributed by atoms with van der Waals surface area (Å²) in [6, 6.07) is 6.36. The number of pyridine rings is 1. The molecule has 0 aliphatic carbocycles. The molecule has 0 saturated carbocycles. The lowest BCUT2D eigenvalue weighted by molar-refractivity contribution is -0.114. The van der Waals surface area contributed by atoms with Crippen molar-refractivity contribution in [3.05, 3.63) is 57.3 Å². The number of nitrogens with one attached hydrogen (secondary N) is 2. The predicted octanol–water partition coefficient (Wildman–Crippen LogP) is 3.93. The van der Waals surface area contributed by atoms with E-state index in [1.807, 2.05) is 6.07 Å². The number of nitrogens with zero attached hydrogens (tertiary/aromatic N) is 2. The van der Waals surface area contributed by atoms with Crippen molar-refractivity contribution in [2.45, 2.75) is 6.92 Å². The summed E-state index contributed by atoms with van der Waals surface area (Å²) in [6.45, 7) is 1.37. The van der Waals surface area contributed by atoms with E-state index >= 15 is 0 Å². The van der Waals surface area contributed by atoms with Gasteiger partial charge in [-0.3, -0.25) is 9.59 Å². The largest absolute Gasteiger partial charge is 0.357 e. The van der Waals surface area contributed by atoms with Crippen molar-refractivity contribution in [1.29, 1.82) is 5.26 Å². The highest BCUT2D eigenvalue weighted by atomic mass is 35.5. The molecule has 25 heavy (non-hydrogen) atoms. The van der Waals surface area contributed by atoms with Gasteiger partial charge in [0.15, 0.2) is 11.6 Å². The molecule has 3 aromatic rings. The minimum atomic E-state index is -0.397. The van der Waals surface area contributed by atoms with Crippen LogP contribution in [0.5, 0.6) is 0 Å². The number of nitriles is 1. The lowest BCUT2D eigenvalue weighted by Gasteiger charge is -2.07. The molecule has 0 bridgehead atoms. The summed E-state index contributed by atoms with van der Waals surface area (Å²) in [4.78, 5) is 31.2. The first-order chi connectivity index (χ1) is 11.9. The summed E-state index contributed by atoms with van der Waals surface area (Å²) >= 11 is 12.3. The quantitative estimate of drug-likeness (QED) is 0.680. The van der Waals surface area contributed by atoms with Crippen molar-refractivity contribution in [2.75, 3.05) is 5.32 Å². The monoisotopic (exact) mass is 372 g/mol. The summed E-state index contributed by atoms with van der Waals surface area (Å²) < 4.78 is 0. The average molecular weight is 373 g/mol. The van der Waals surface area contributed by atoms with Crippen LogP contribution >= 0.6 is 23.2 Å². The molecule has 0 unspecified atom stereocenters. The maximum Gasteiger partial charge on any atom is 0.222 e. The van der Waals surface area contributed by atoms with Gasteiger partial charge in [0, 0.05) is 30.3 Å². The molecule has 2 heterocycles. The van der Waals surface area contributed by atoms with Crippen molar-refractivity contribution in [3.8, 4) is 6.07 Å². The number of amides is 1. The summed E-state index contributed by atoms with van der Waals surface area (Å²) in [7, 11) is 0. The number of H-pyrrole nitrogens is 1. The Labute approximate surface area is 152 Å². The molecule has 0 atom stereocenters. The number of halogens is 2. The smallest absolute Gasteiger partial charge is 0.222 e. The van der Waals surface area contributed by atoms with Gasteiger partial charge in [-0.25, -0.2) is 4.98 Å². The van der Waals surface area contributed by atoms with Crippen LogP contribution in [0.15, 0.2) is 30.6 Å². The van der Waals surface area contributed by atoms with E-state index < -0.39 is 5.78 Å². The molecule has 2 aromatic heterocycles. The van der Waals surface area contributed by atoms with Crippen LogP contribution in [0.3, 0.4) is 0 Å². The Balaban J connectivity index is 2.14. The van der Waals surface area contributed by atoms with Crippen molar-refractivity contribution in [1.82, 2.24) is 9.97 Å². The third-order valence-electron chi connectivity index (χ3n) is 3.54. The van der Waals surface area contributed by atoms with Gasteiger partial charge in [0.25, 0.3) is 0 Å². The van der Waals surface area contributed by atoms with Gasteiger partial charge >= 0.3 is 0 Å². The van der Waals surface area contributed by atoms with E-state index in [0.717, 1.165) is 0 Å². The van der Waals surface area contributed by atoms with Crippen LogP contribution in [0.4, 0.5) is 5.82 Å². The van der Waals surface area contributed by atoms with Gasteiger partial charge in [-0.15, -0.1) is 0 Å². The molecular weight excluding hydrogens is 363 g/mol. The van der Waals surface area contributed by atoms with Crippen molar-refractivity contribution in [2.24, 2.45) is 0 Å². The number of carbonyl (C=O) groups is 2. The van der Waals surface area contributed by atoms with E-state index in [9.17, 15) is 9.59 Å². The molecule has 124 valence electrons. The molecule has 0 aliphatic rings. The van der Waals surface area contributed by atoms with Crippen molar-refractivity contribution >= 4 is 51.6 Å². The molecule has 2 N–H and O–H groups in total. The van der Waals surface area contributed by atoms with E-state index in [-0.39, 0.29) is 27.1 Å². The number of aromatic nitrogens is 2. The second-order valence-electron chi connectivity index (χ2n) is 5.22. The summed E-state index contributed by atoms with van der Waals surface area (Å²) in [5, 5.41) is 12.3. The Morgan fingerprint density at radius 3 is 2.56 bits per heavy atom. The number of hydrogen-bond acceptors (Lipinski definition) is 4. The van der Waals surface area contributed by atoms with Gasteiger partial charge < -0.3 is 10.3 Å². The van der Waals surface area contributed by atoms with E-state index in [1.165, 1.54) is 31.5 Å². The molecule has 3 rings (SSSR count). The predicted molar refractivity (Wildman–Crippen MR) is 95.0 cm³/mol. The molecule has 0 radical (unpaired) electrons. The molecular formula is C17H10Cl2N4O2. The van der Waals surface area contributed by atoms with Gasteiger partial charge in [0.1, 0.15) is 0 Å². The molecule has 0 saturated heterocycles. The molecule has 0 fully saturated rings. The van der Waals surface area contributed by atoms with Crippen molar-refractivity contribution < 1.29 is 9.59 Å². The van der Waals surface area contributed by atoms with Crippen LogP contribution in [0.1, 0.15) is 28.4 Å². The Hall–Kier alpha value is -2.88. The minimum absolute atomic E-state index is 0.0968. The van der Waals surface area contributed by atoms with E-state index in [4.69, 9.17) is 28.5 Å². The first-order valence-electron chi connectivity index (χ1n) is 7.10. The SMILES string of the molecule is CC(=O)Nc1nccc2c(C(=O)c3c(Cl)cc(C#N)cc3Cl)c[nH]c12. The fourth-order valence-corrected chi connectivity index (χ4v) is 3.15. The van der Waals surface area contributed by atoms with Gasteiger partial charge in [0.05, 0.1) is 32.8 Å². The van der Waals surface area contributed by atoms with Crippen LogP contribution in [0.25, 0.3) is 10.9 Å². The summed E-state index contributed by atoms with van der Waals surface area (Å²) in [5.74, 6) is -0.354. The lowest BCUT2D eigenvalue weighted by atomic mass is 10.0. The van der Waals surface area contributed by atoms with E-state index in [0.29, 0.717) is 22.3 Å². The standard InChI is InChI=1S/C17H10Cl2N4O2/c1-8(24)23-17-15-10(2-3-21-17)11(7-22-15)16(25)14-12(18)4-9(6-20)5-13(14)19/h2-5,7,22H,1H3,(H,21,23,24). The van der Waals surface area contributed by atoms with Gasteiger partial charge in [-0.2, -0.15) is 5.26 Å². The fraction of sp³-hybridized carbons (Fsp3) is 0.0588. The third-order valence-corrected chi connectivity index (χ3v) is 4.14. The number of anilines is 1. The Morgan fingerprint density at radius 2 is 1.96 bits per heavy atom. The second-order valence-corrected chi connectivity index (χ2v) is 6.04. The fourth-order valence-electron chi connectivity index (χ4n) is 2.49. The summed E-state index contributed by atoms with van der Waals surface area (Å²) in [6.07, 6.45) is 2.99. The molecule has 1 amide bonds. The Bertz CT molecular complexity index is 1040. The number of rotatable bonds is 3. The zero-order chi connectivity index (χ0) is 18.1. The maximum atomic E-state index is 12.9. The van der Waals surface area contributed by atoms with Crippen LogP contribution in [-0.2, 0) is 4.79 Å². The van der Waals surface area contributed by atoms with Gasteiger partial charge in [0.2, 0.25) is 5.91 Å². The highest BCUT2D eigenvalue weighted by Crippen LogP contribution is 2.32. The average Bonchev–Trinajstić information content (AvgIpc) is 2.98. The number of ketones is 1. The molecule has 8 heteroatoms. The molecule has 6 nitrogen and oxygen atoms in total. The number of carbonyl (C=O) groups excluding carboxylic acids is 2. The molecule has 1 aromatic carbocycles. The van der Waals surface area contributed by atoms with Crippen molar-refractivity contribution in [3.63, 3.8) is 0 Å². The Morgan fingerprint density at radius 1 is 1.28 bits per heavy atom. The zero-order valence-corrected chi connectivity index (χ0v) is 14.4. The number of aromatic amines is 1. The maximum absolute atomic E-state index is 12.9. The first-order valence-corrected chi connectivity index (χ1v) is 7.85. The van der Waals surface area contributed by atoms with E-state index in [1.54, 1.807) is 6.07 Å². The first kappa shape index (κ1) is 17.0. The highest BCUT2D eigenvalue weighted by Gasteiger charge is 2.22. The van der Waals surface area contributed by atoms with Crippen LogP contribution in [-0.4, -0.2) is 21.7 Å². The minimum Gasteiger partial charge on any atom is -0.357 e. The normalized spacial score (nSPS) is 10.5. The van der Waals surface area contributed by atoms with Gasteiger partial charge in [-0.05, 0) is 18.2 Å². The molecule has 0 aliphatic heterocycles.